The first kappa shape index (κ1) is 12.7. The molecule has 4 nitrogen and oxygen atoms in total. The number of thioether (sulfide) groups is 1. The fourth-order valence-electron chi connectivity index (χ4n) is 2.62. The molecule has 5 heteroatoms. The maximum absolute atomic E-state index is 12.0. The van der Waals surface area contributed by atoms with Gasteiger partial charge in [-0.1, -0.05) is 6.42 Å². The second-order valence-electron chi connectivity index (χ2n) is 4.97. The molecule has 0 radical (unpaired) electrons. The van der Waals surface area contributed by atoms with E-state index in [1.54, 1.807) is 0 Å². The Morgan fingerprint density at radius 3 is 2.59 bits per heavy atom. The van der Waals surface area contributed by atoms with E-state index in [2.05, 4.69) is 5.32 Å². The Bertz CT molecular complexity index is 302. The van der Waals surface area contributed by atoms with Crippen LogP contribution in [0.4, 0.5) is 0 Å². The van der Waals surface area contributed by atoms with Crippen LogP contribution in [0.25, 0.3) is 0 Å². The van der Waals surface area contributed by atoms with Crippen molar-refractivity contribution in [3.05, 3.63) is 0 Å². The van der Waals surface area contributed by atoms with Crippen molar-refractivity contribution in [2.45, 2.75) is 38.1 Å². The predicted octanol–water partition coefficient (Wildman–Crippen LogP) is 1.50. The molecule has 2 rings (SSSR count). The molecular formula is C12H19NO3S. The summed E-state index contributed by atoms with van der Waals surface area (Å²) >= 11 is 1.87. The largest absolute Gasteiger partial charge is 0.481 e. The number of hydrogen-bond donors (Lipinski definition) is 2. The summed E-state index contributed by atoms with van der Waals surface area (Å²) in [7, 11) is 0. The van der Waals surface area contributed by atoms with Crippen LogP contribution in [0.15, 0.2) is 0 Å². The van der Waals surface area contributed by atoms with Crippen LogP contribution in [0.1, 0.15) is 32.1 Å². The molecule has 1 heterocycles. The molecule has 2 fully saturated rings. The van der Waals surface area contributed by atoms with E-state index < -0.39 is 5.97 Å². The molecule has 1 aliphatic heterocycles. The lowest BCUT2D eigenvalue weighted by molar-refractivity contribution is -0.144. The predicted molar refractivity (Wildman–Crippen MR) is 67.0 cm³/mol. The molecule has 0 aromatic heterocycles. The maximum Gasteiger partial charge on any atom is 0.306 e. The number of carbonyl (C=O) groups excluding carboxylic acids is 1. The lowest BCUT2D eigenvalue weighted by atomic mass is 9.81. The summed E-state index contributed by atoms with van der Waals surface area (Å²) in [6.45, 7) is 0. The van der Waals surface area contributed by atoms with Crippen molar-refractivity contribution in [2.24, 2.45) is 11.8 Å². The SMILES string of the molecule is O=C(O)C1CCCC(C(=O)NC2CCSC2)C1. The lowest BCUT2D eigenvalue weighted by Gasteiger charge is -2.26. The van der Waals surface area contributed by atoms with E-state index in [1.165, 1.54) is 0 Å². The van der Waals surface area contributed by atoms with Crippen LogP contribution in [-0.4, -0.2) is 34.5 Å². The van der Waals surface area contributed by atoms with E-state index >= 15 is 0 Å². The van der Waals surface area contributed by atoms with Crippen molar-refractivity contribution in [1.82, 2.24) is 5.32 Å². The van der Waals surface area contributed by atoms with Crippen molar-refractivity contribution in [1.29, 1.82) is 0 Å². The standard InChI is InChI=1S/C12H19NO3S/c14-11(13-10-4-5-17-7-10)8-2-1-3-9(6-8)12(15)16/h8-10H,1-7H2,(H,13,14)(H,15,16). The summed E-state index contributed by atoms with van der Waals surface area (Å²) < 4.78 is 0. The van der Waals surface area contributed by atoms with Gasteiger partial charge in [0.2, 0.25) is 5.91 Å². The van der Waals surface area contributed by atoms with Crippen molar-refractivity contribution >= 4 is 23.6 Å². The second kappa shape index (κ2) is 5.76. The van der Waals surface area contributed by atoms with Gasteiger partial charge in [0.25, 0.3) is 0 Å². The van der Waals surface area contributed by atoms with Crippen LogP contribution in [0.5, 0.6) is 0 Å². The molecule has 1 saturated carbocycles. The molecule has 1 saturated heterocycles. The highest BCUT2D eigenvalue weighted by atomic mass is 32.2. The smallest absolute Gasteiger partial charge is 0.306 e. The van der Waals surface area contributed by atoms with Crippen LogP contribution in [-0.2, 0) is 9.59 Å². The van der Waals surface area contributed by atoms with Crippen LogP contribution in [0, 0.1) is 11.8 Å². The van der Waals surface area contributed by atoms with Gasteiger partial charge in [-0.25, -0.2) is 0 Å². The minimum absolute atomic E-state index is 0.0726. The summed E-state index contributed by atoms with van der Waals surface area (Å²) in [4.78, 5) is 22.9. The molecule has 2 aliphatic rings. The molecule has 1 aliphatic carbocycles. The Labute approximate surface area is 106 Å². The Morgan fingerprint density at radius 2 is 1.94 bits per heavy atom. The maximum atomic E-state index is 12.0. The average Bonchev–Trinajstić information content (AvgIpc) is 2.82. The van der Waals surface area contributed by atoms with E-state index in [0.717, 1.165) is 37.2 Å². The number of carboxylic acid groups (broad SMARTS) is 1. The van der Waals surface area contributed by atoms with Crippen LogP contribution < -0.4 is 5.32 Å². The zero-order chi connectivity index (χ0) is 12.3. The molecule has 1 amide bonds. The van der Waals surface area contributed by atoms with Gasteiger partial charge in [-0.15, -0.1) is 0 Å². The molecular weight excluding hydrogens is 238 g/mol. The highest BCUT2D eigenvalue weighted by molar-refractivity contribution is 7.99. The zero-order valence-electron chi connectivity index (χ0n) is 9.85. The molecule has 17 heavy (non-hydrogen) atoms. The normalized spacial score (nSPS) is 33.3. The summed E-state index contributed by atoms with van der Waals surface area (Å²) in [5, 5.41) is 12.0. The van der Waals surface area contributed by atoms with Crippen molar-refractivity contribution in [2.75, 3.05) is 11.5 Å². The minimum atomic E-state index is -0.751. The monoisotopic (exact) mass is 257 g/mol. The fourth-order valence-corrected chi connectivity index (χ4v) is 3.77. The number of rotatable bonds is 3. The van der Waals surface area contributed by atoms with Gasteiger partial charge in [0.15, 0.2) is 0 Å². The van der Waals surface area contributed by atoms with Gasteiger partial charge in [0.1, 0.15) is 0 Å². The summed E-state index contributed by atoms with van der Waals surface area (Å²) in [5.41, 5.74) is 0. The Kier molecular flexibility index (Phi) is 4.31. The van der Waals surface area contributed by atoms with Gasteiger partial charge >= 0.3 is 5.97 Å². The number of hydrogen-bond acceptors (Lipinski definition) is 3. The van der Waals surface area contributed by atoms with Gasteiger partial charge in [-0.3, -0.25) is 9.59 Å². The van der Waals surface area contributed by atoms with Crippen LogP contribution in [0.3, 0.4) is 0 Å². The van der Waals surface area contributed by atoms with Gasteiger partial charge in [0.05, 0.1) is 5.92 Å². The molecule has 3 atom stereocenters. The van der Waals surface area contributed by atoms with Gasteiger partial charge in [-0.05, 0) is 31.4 Å². The first-order valence-electron chi connectivity index (χ1n) is 6.27. The topological polar surface area (TPSA) is 66.4 Å². The third-order valence-electron chi connectivity index (χ3n) is 3.67. The molecule has 0 aromatic rings. The van der Waals surface area contributed by atoms with E-state index in [1.807, 2.05) is 11.8 Å². The fraction of sp³-hybridized carbons (Fsp3) is 0.833. The van der Waals surface area contributed by atoms with Crippen molar-refractivity contribution in [3.63, 3.8) is 0 Å². The molecule has 0 bridgehead atoms. The summed E-state index contributed by atoms with van der Waals surface area (Å²) in [6.07, 6.45) is 3.98. The molecule has 0 aromatic carbocycles. The number of carbonyl (C=O) groups is 2. The molecule has 96 valence electrons. The van der Waals surface area contributed by atoms with Crippen molar-refractivity contribution < 1.29 is 14.7 Å². The van der Waals surface area contributed by atoms with Gasteiger partial charge < -0.3 is 10.4 Å². The Morgan fingerprint density at radius 1 is 1.18 bits per heavy atom. The lowest BCUT2D eigenvalue weighted by Crippen LogP contribution is -2.41. The van der Waals surface area contributed by atoms with Gasteiger partial charge in [0, 0.05) is 17.7 Å². The summed E-state index contributed by atoms with van der Waals surface area (Å²) in [5.74, 6) is 1.03. The molecule has 2 N–H and O–H groups in total. The first-order valence-corrected chi connectivity index (χ1v) is 7.43. The Balaban J connectivity index is 1.83. The highest BCUT2D eigenvalue weighted by Gasteiger charge is 2.32. The summed E-state index contributed by atoms with van der Waals surface area (Å²) in [6, 6.07) is 0.303. The number of aliphatic carboxylic acids is 1. The number of amides is 1. The number of carboxylic acids is 1. The quantitative estimate of drug-likeness (QED) is 0.804. The first-order chi connectivity index (χ1) is 8.16. The molecule has 0 spiro atoms. The highest BCUT2D eigenvalue weighted by Crippen LogP contribution is 2.29. The van der Waals surface area contributed by atoms with E-state index in [-0.39, 0.29) is 17.7 Å². The number of nitrogens with one attached hydrogen (secondary N) is 1. The van der Waals surface area contributed by atoms with Gasteiger partial charge in [-0.2, -0.15) is 11.8 Å². The van der Waals surface area contributed by atoms with Crippen molar-refractivity contribution in [3.8, 4) is 0 Å². The minimum Gasteiger partial charge on any atom is -0.481 e. The van der Waals surface area contributed by atoms with Crippen LogP contribution in [0.2, 0.25) is 0 Å². The van der Waals surface area contributed by atoms with E-state index in [0.29, 0.717) is 12.5 Å². The van der Waals surface area contributed by atoms with E-state index in [9.17, 15) is 9.59 Å². The average molecular weight is 257 g/mol. The van der Waals surface area contributed by atoms with Crippen LogP contribution >= 0.6 is 11.8 Å². The van der Waals surface area contributed by atoms with E-state index in [4.69, 9.17) is 5.11 Å². The zero-order valence-corrected chi connectivity index (χ0v) is 10.7. The Hall–Kier alpha value is -0.710. The third kappa shape index (κ3) is 3.37. The molecule has 3 unspecified atom stereocenters. The third-order valence-corrected chi connectivity index (χ3v) is 4.83. The second-order valence-corrected chi connectivity index (χ2v) is 6.12.